The number of nitrogens with one attached hydrogen (secondary N) is 1. The molecule has 106 valence electrons. The lowest BCUT2D eigenvalue weighted by molar-refractivity contribution is -0.167. The van der Waals surface area contributed by atoms with Crippen LogP contribution in [0.15, 0.2) is 33.3 Å². The molecule has 2 aromatic rings. The van der Waals surface area contributed by atoms with Crippen molar-refractivity contribution in [3.05, 3.63) is 33.9 Å². The number of amides is 1. The maximum Gasteiger partial charge on any atom is 0.471 e. The van der Waals surface area contributed by atoms with E-state index in [9.17, 15) is 18.0 Å². The van der Waals surface area contributed by atoms with Crippen molar-refractivity contribution in [2.24, 2.45) is 0 Å². The Kier molecular flexibility index (Phi) is 4.05. The molecule has 0 aliphatic carbocycles. The van der Waals surface area contributed by atoms with E-state index in [0.717, 1.165) is 6.20 Å². The van der Waals surface area contributed by atoms with E-state index in [1.807, 2.05) is 0 Å². The number of benzene rings is 1. The Balaban J connectivity index is 2.25. The summed E-state index contributed by atoms with van der Waals surface area (Å²) in [7, 11) is 0. The first-order chi connectivity index (χ1) is 9.27. The summed E-state index contributed by atoms with van der Waals surface area (Å²) < 4.78 is 42.0. The van der Waals surface area contributed by atoms with E-state index in [4.69, 9.17) is 16.0 Å². The molecule has 0 bridgehead atoms. The van der Waals surface area contributed by atoms with E-state index in [-0.39, 0.29) is 5.89 Å². The first-order valence-electron chi connectivity index (χ1n) is 5.07. The van der Waals surface area contributed by atoms with Crippen LogP contribution >= 0.6 is 27.5 Å². The maximum atomic E-state index is 12.1. The van der Waals surface area contributed by atoms with Gasteiger partial charge in [-0.05, 0) is 18.2 Å². The highest BCUT2D eigenvalue weighted by molar-refractivity contribution is 9.10. The Morgan fingerprint density at radius 1 is 1.40 bits per heavy atom. The summed E-state index contributed by atoms with van der Waals surface area (Å²) >= 11 is 9.15. The Morgan fingerprint density at radius 2 is 2.10 bits per heavy atom. The van der Waals surface area contributed by atoms with E-state index in [1.54, 1.807) is 23.5 Å². The first kappa shape index (κ1) is 14.9. The number of carbonyl (C=O) groups is 1. The molecule has 0 saturated heterocycles. The second-order valence-corrected chi connectivity index (χ2v) is 4.93. The number of halogens is 5. The minimum atomic E-state index is -5.00. The second-order valence-electron chi connectivity index (χ2n) is 3.61. The number of carbonyl (C=O) groups excluding carboxylic acids is 1. The van der Waals surface area contributed by atoms with Crippen LogP contribution in [0.25, 0.3) is 11.5 Å². The predicted molar refractivity (Wildman–Crippen MR) is 69.3 cm³/mol. The minimum absolute atomic E-state index is 0.00576. The van der Waals surface area contributed by atoms with Crippen LogP contribution in [0.2, 0.25) is 5.02 Å². The summed E-state index contributed by atoms with van der Waals surface area (Å²) in [5.74, 6) is -2.56. The number of hydrogen-bond acceptors (Lipinski definition) is 3. The highest BCUT2D eigenvalue weighted by Gasteiger charge is 2.39. The smallest absolute Gasteiger partial charge is 0.420 e. The van der Waals surface area contributed by atoms with Crippen molar-refractivity contribution >= 4 is 39.3 Å². The maximum absolute atomic E-state index is 12.1. The topological polar surface area (TPSA) is 55.1 Å². The fourth-order valence-corrected chi connectivity index (χ4v) is 1.86. The number of alkyl halides is 3. The molecule has 1 N–H and O–H groups in total. The minimum Gasteiger partial charge on any atom is -0.420 e. The molecular weight excluding hydrogens is 364 g/mol. The van der Waals surface area contributed by atoms with E-state index in [2.05, 4.69) is 20.9 Å². The van der Waals surface area contributed by atoms with Crippen LogP contribution < -0.4 is 5.32 Å². The zero-order valence-electron chi connectivity index (χ0n) is 9.46. The normalized spacial score (nSPS) is 11.4. The summed E-state index contributed by atoms with van der Waals surface area (Å²) in [5.41, 5.74) is 0.383. The molecule has 0 unspecified atom stereocenters. The second kappa shape index (κ2) is 5.45. The van der Waals surface area contributed by atoms with Gasteiger partial charge in [-0.15, -0.1) is 0 Å². The average Bonchev–Trinajstić information content (AvgIpc) is 2.79. The van der Waals surface area contributed by atoms with Gasteiger partial charge in [0.25, 0.3) is 0 Å². The van der Waals surface area contributed by atoms with Gasteiger partial charge in [0.15, 0.2) is 0 Å². The lowest BCUT2D eigenvalue weighted by atomic mass is 10.2. The van der Waals surface area contributed by atoms with Gasteiger partial charge in [-0.2, -0.15) is 13.2 Å². The number of anilines is 1. The number of hydrogen-bond donors (Lipinski definition) is 1. The molecule has 0 radical (unpaired) electrons. The van der Waals surface area contributed by atoms with Gasteiger partial charge in [-0.25, -0.2) is 4.98 Å². The van der Waals surface area contributed by atoms with Crippen LogP contribution in [0.5, 0.6) is 0 Å². The zero-order chi connectivity index (χ0) is 14.9. The molecule has 0 spiro atoms. The molecule has 9 heteroatoms. The highest BCUT2D eigenvalue weighted by Crippen LogP contribution is 2.31. The highest BCUT2D eigenvalue weighted by atomic mass is 79.9. The quantitative estimate of drug-likeness (QED) is 0.860. The molecule has 0 aliphatic heterocycles. The van der Waals surface area contributed by atoms with Crippen molar-refractivity contribution in [2.75, 3.05) is 5.32 Å². The molecule has 20 heavy (non-hydrogen) atoms. The average molecular weight is 370 g/mol. The van der Waals surface area contributed by atoms with E-state index < -0.39 is 18.0 Å². The third-order valence-corrected chi connectivity index (χ3v) is 2.98. The fraction of sp³-hybridized carbons (Fsp3) is 0.0909. The fourth-order valence-electron chi connectivity index (χ4n) is 1.30. The van der Waals surface area contributed by atoms with Gasteiger partial charge in [0.2, 0.25) is 11.8 Å². The Bertz CT molecular complexity index is 657. The number of nitrogens with zero attached hydrogens (tertiary/aromatic N) is 1. The van der Waals surface area contributed by atoms with Gasteiger partial charge in [-0.3, -0.25) is 10.1 Å². The van der Waals surface area contributed by atoms with Crippen LogP contribution in [-0.4, -0.2) is 17.1 Å². The van der Waals surface area contributed by atoms with E-state index in [1.165, 1.54) is 0 Å². The van der Waals surface area contributed by atoms with Crippen LogP contribution in [0.1, 0.15) is 0 Å². The summed E-state index contributed by atoms with van der Waals surface area (Å²) in [6, 6.07) is 4.84. The van der Waals surface area contributed by atoms with Crippen molar-refractivity contribution in [2.45, 2.75) is 6.18 Å². The molecule has 1 amide bonds. The van der Waals surface area contributed by atoms with Crippen molar-refractivity contribution in [1.29, 1.82) is 0 Å². The number of aromatic nitrogens is 1. The molecule has 4 nitrogen and oxygen atoms in total. The van der Waals surface area contributed by atoms with Crippen LogP contribution in [0.3, 0.4) is 0 Å². The summed E-state index contributed by atoms with van der Waals surface area (Å²) in [4.78, 5) is 14.5. The van der Waals surface area contributed by atoms with Gasteiger partial charge in [0, 0.05) is 4.47 Å². The Hall–Kier alpha value is -1.54. The standard InChI is InChI=1S/C11H5BrClF3N2O2/c12-5-1-2-7(13)6(3-5)9-17-4-8(20-9)18-10(19)11(14,15)16/h1-4H,(H,18,19). The van der Waals surface area contributed by atoms with Crippen molar-refractivity contribution in [3.8, 4) is 11.5 Å². The van der Waals surface area contributed by atoms with E-state index in [0.29, 0.717) is 15.1 Å². The van der Waals surface area contributed by atoms with Crippen LogP contribution in [0, 0.1) is 0 Å². The molecule has 1 heterocycles. The van der Waals surface area contributed by atoms with Crippen molar-refractivity contribution in [3.63, 3.8) is 0 Å². The van der Waals surface area contributed by atoms with Gasteiger partial charge in [0.05, 0.1) is 16.8 Å². The van der Waals surface area contributed by atoms with Crippen LogP contribution in [0.4, 0.5) is 19.1 Å². The largest absolute Gasteiger partial charge is 0.471 e. The lowest BCUT2D eigenvalue weighted by Gasteiger charge is -2.04. The molecule has 0 saturated carbocycles. The number of rotatable bonds is 2. The molecule has 0 atom stereocenters. The Labute approximate surface area is 124 Å². The first-order valence-corrected chi connectivity index (χ1v) is 6.24. The summed E-state index contributed by atoms with van der Waals surface area (Å²) in [6.45, 7) is 0. The van der Waals surface area contributed by atoms with Gasteiger partial charge >= 0.3 is 12.1 Å². The Morgan fingerprint density at radius 3 is 2.75 bits per heavy atom. The third-order valence-electron chi connectivity index (χ3n) is 2.16. The van der Waals surface area contributed by atoms with Crippen molar-refractivity contribution in [1.82, 2.24) is 4.98 Å². The van der Waals surface area contributed by atoms with E-state index >= 15 is 0 Å². The summed E-state index contributed by atoms with van der Waals surface area (Å²) in [6.07, 6.45) is -4.03. The molecule has 1 aromatic heterocycles. The van der Waals surface area contributed by atoms with Crippen molar-refractivity contribution < 1.29 is 22.4 Å². The molecular formula is C11H5BrClF3N2O2. The monoisotopic (exact) mass is 368 g/mol. The molecule has 1 aromatic carbocycles. The lowest BCUT2D eigenvalue weighted by Crippen LogP contribution is -2.29. The van der Waals surface area contributed by atoms with Gasteiger partial charge < -0.3 is 4.42 Å². The van der Waals surface area contributed by atoms with Crippen LogP contribution in [-0.2, 0) is 4.79 Å². The number of oxazole rings is 1. The van der Waals surface area contributed by atoms with Gasteiger partial charge in [-0.1, -0.05) is 27.5 Å². The molecule has 2 rings (SSSR count). The zero-order valence-corrected chi connectivity index (χ0v) is 11.8. The summed E-state index contributed by atoms with van der Waals surface area (Å²) in [5, 5.41) is 1.87. The molecule has 0 aliphatic rings. The predicted octanol–water partition coefficient (Wildman–Crippen LogP) is 4.26. The third kappa shape index (κ3) is 3.31. The SMILES string of the molecule is O=C(Nc1cnc(-c2cc(Br)ccc2Cl)o1)C(F)(F)F. The van der Waals surface area contributed by atoms with Gasteiger partial charge in [0.1, 0.15) is 0 Å². The molecule has 0 fully saturated rings.